The normalized spacial score (nSPS) is 10.5. The summed E-state index contributed by atoms with van der Waals surface area (Å²) < 4.78 is 0. The Labute approximate surface area is 85.5 Å². The molecule has 1 rings (SSSR count). The van der Waals surface area contributed by atoms with E-state index in [0.717, 1.165) is 19.3 Å². The molecule has 0 aliphatic carbocycles. The highest BCUT2D eigenvalue weighted by Gasteiger charge is 1.96. The van der Waals surface area contributed by atoms with Gasteiger partial charge in [-0.1, -0.05) is 29.3 Å². The lowest BCUT2D eigenvalue weighted by molar-refractivity contribution is -0.242. The zero-order valence-corrected chi connectivity index (χ0v) is 8.92. The SMILES string of the molecule is Cc1cc(C)cc(CCCCOO)c1. The molecule has 14 heavy (non-hydrogen) atoms. The summed E-state index contributed by atoms with van der Waals surface area (Å²) in [6, 6.07) is 6.61. The first kappa shape index (κ1) is 11.2. The molecule has 0 aromatic heterocycles. The van der Waals surface area contributed by atoms with Crippen molar-refractivity contribution in [2.45, 2.75) is 33.1 Å². The number of hydrogen-bond acceptors (Lipinski definition) is 2. The molecule has 0 fully saturated rings. The van der Waals surface area contributed by atoms with Crippen LogP contribution in [-0.4, -0.2) is 11.9 Å². The molecular formula is C12H18O2. The van der Waals surface area contributed by atoms with Gasteiger partial charge in [-0.25, -0.2) is 4.89 Å². The molecule has 0 spiro atoms. The predicted octanol–water partition coefficient (Wildman–Crippen LogP) is 3.12. The average molecular weight is 194 g/mol. The second kappa shape index (κ2) is 5.78. The third-order valence-electron chi connectivity index (χ3n) is 2.23. The molecule has 0 heterocycles. The molecular weight excluding hydrogens is 176 g/mol. The van der Waals surface area contributed by atoms with Crippen molar-refractivity contribution in [1.29, 1.82) is 0 Å². The average Bonchev–Trinajstić information content (AvgIpc) is 2.11. The van der Waals surface area contributed by atoms with E-state index >= 15 is 0 Å². The lowest BCUT2D eigenvalue weighted by atomic mass is 10.0. The van der Waals surface area contributed by atoms with E-state index in [1.807, 2.05) is 0 Å². The minimum atomic E-state index is 0.435. The third-order valence-corrected chi connectivity index (χ3v) is 2.23. The van der Waals surface area contributed by atoms with Crippen LogP contribution in [0.4, 0.5) is 0 Å². The highest BCUT2D eigenvalue weighted by atomic mass is 17.1. The number of hydrogen-bond donors (Lipinski definition) is 1. The molecule has 2 heteroatoms. The fourth-order valence-electron chi connectivity index (χ4n) is 1.71. The van der Waals surface area contributed by atoms with Gasteiger partial charge in [-0.2, -0.15) is 0 Å². The fraction of sp³-hybridized carbons (Fsp3) is 0.500. The molecule has 0 atom stereocenters. The molecule has 78 valence electrons. The number of unbranched alkanes of at least 4 members (excludes halogenated alkanes) is 1. The first-order valence-electron chi connectivity index (χ1n) is 5.06. The van der Waals surface area contributed by atoms with E-state index in [-0.39, 0.29) is 0 Å². The van der Waals surface area contributed by atoms with Gasteiger partial charge in [-0.15, -0.1) is 0 Å². The standard InChI is InChI=1S/C12H18O2/c1-10-7-11(2)9-12(8-10)5-3-4-6-14-13/h7-9,13H,3-6H2,1-2H3. The van der Waals surface area contributed by atoms with Crippen molar-refractivity contribution in [3.63, 3.8) is 0 Å². The molecule has 0 saturated carbocycles. The molecule has 0 unspecified atom stereocenters. The van der Waals surface area contributed by atoms with Gasteiger partial charge in [0.2, 0.25) is 0 Å². The third kappa shape index (κ3) is 3.90. The maximum absolute atomic E-state index is 8.15. The summed E-state index contributed by atoms with van der Waals surface area (Å²) in [5, 5.41) is 8.15. The van der Waals surface area contributed by atoms with Crippen LogP contribution < -0.4 is 0 Å². The Balaban J connectivity index is 2.42. The summed E-state index contributed by atoms with van der Waals surface area (Å²) >= 11 is 0. The Kier molecular flexibility index (Phi) is 4.63. The van der Waals surface area contributed by atoms with Crippen LogP contribution in [0.5, 0.6) is 0 Å². The molecule has 0 aliphatic heterocycles. The highest BCUT2D eigenvalue weighted by molar-refractivity contribution is 5.28. The van der Waals surface area contributed by atoms with Gasteiger partial charge in [-0.05, 0) is 38.7 Å². The highest BCUT2D eigenvalue weighted by Crippen LogP contribution is 2.11. The smallest absolute Gasteiger partial charge is 0.0819 e. The molecule has 0 bridgehead atoms. The Morgan fingerprint density at radius 3 is 2.29 bits per heavy atom. The Bertz CT molecular complexity index is 261. The van der Waals surface area contributed by atoms with Crippen LogP contribution in [0.15, 0.2) is 18.2 Å². The largest absolute Gasteiger partial charge is 0.252 e. The molecule has 1 aromatic carbocycles. The number of benzene rings is 1. The van der Waals surface area contributed by atoms with Crippen molar-refractivity contribution in [2.75, 3.05) is 6.61 Å². The van der Waals surface area contributed by atoms with E-state index in [1.165, 1.54) is 16.7 Å². The molecule has 0 aliphatic rings. The van der Waals surface area contributed by atoms with Crippen LogP contribution >= 0.6 is 0 Å². The Hall–Kier alpha value is -0.860. The summed E-state index contributed by atoms with van der Waals surface area (Å²) in [5.74, 6) is 0. The predicted molar refractivity (Wildman–Crippen MR) is 57.4 cm³/mol. The van der Waals surface area contributed by atoms with Gasteiger partial charge in [0.25, 0.3) is 0 Å². The molecule has 0 saturated heterocycles. The summed E-state index contributed by atoms with van der Waals surface area (Å²) in [6.07, 6.45) is 3.03. The van der Waals surface area contributed by atoms with Crippen LogP contribution in [0.25, 0.3) is 0 Å². The maximum atomic E-state index is 8.15. The quantitative estimate of drug-likeness (QED) is 0.443. The molecule has 0 amide bonds. The molecule has 2 nitrogen and oxygen atoms in total. The maximum Gasteiger partial charge on any atom is 0.0819 e. The number of rotatable bonds is 5. The molecule has 1 aromatic rings. The van der Waals surface area contributed by atoms with Crippen molar-refractivity contribution in [2.24, 2.45) is 0 Å². The van der Waals surface area contributed by atoms with Crippen molar-refractivity contribution in [1.82, 2.24) is 0 Å². The van der Waals surface area contributed by atoms with Gasteiger partial charge < -0.3 is 0 Å². The van der Waals surface area contributed by atoms with Gasteiger partial charge in [0.15, 0.2) is 0 Å². The van der Waals surface area contributed by atoms with E-state index in [2.05, 4.69) is 36.9 Å². The summed E-state index contributed by atoms with van der Waals surface area (Å²) in [7, 11) is 0. The van der Waals surface area contributed by atoms with Gasteiger partial charge in [0, 0.05) is 0 Å². The zero-order chi connectivity index (χ0) is 10.4. The first-order valence-corrected chi connectivity index (χ1v) is 5.06. The summed E-state index contributed by atoms with van der Waals surface area (Å²) in [5.41, 5.74) is 4.01. The van der Waals surface area contributed by atoms with E-state index in [4.69, 9.17) is 5.26 Å². The van der Waals surface area contributed by atoms with Gasteiger partial charge >= 0.3 is 0 Å². The fourth-order valence-corrected chi connectivity index (χ4v) is 1.71. The van der Waals surface area contributed by atoms with Gasteiger partial charge in [-0.3, -0.25) is 5.26 Å². The summed E-state index contributed by atoms with van der Waals surface area (Å²) in [4.78, 5) is 4.03. The van der Waals surface area contributed by atoms with Gasteiger partial charge in [0.1, 0.15) is 0 Å². The van der Waals surface area contributed by atoms with Crippen LogP contribution in [-0.2, 0) is 11.3 Å². The monoisotopic (exact) mass is 194 g/mol. The van der Waals surface area contributed by atoms with Gasteiger partial charge in [0.05, 0.1) is 6.61 Å². The van der Waals surface area contributed by atoms with Crippen LogP contribution in [0.1, 0.15) is 29.5 Å². The van der Waals surface area contributed by atoms with Crippen LogP contribution in [0, 0.1) is 13.8 Å². The van der Waals surface area contributed by atoms with Crippen molar-refractivity contribution < 1.29 is 10.1 Å². The molecule has 1 N–H and O–H groups in total. The molecule has 0 radical (unpaired) electrons. The number of aryl methyl sites for hydroxylation is 3. The van der Waals surface area contributed by atoms with Crippen LogP contribution in [0.2, 0.25) is 0 Å². The Morgan fingerprint density at radius 2 is 1.71 bits per heavy atom. The van der Waals surface area contributed by atoms with E-state index in [9.17, 15) is 0 Å². The zero-order valence-electron chi connectivity index (χ0n) is 8.92. The van der Waals surface area contributed by atoms with E-state index in [0.29, 0.717) is 6.61 Å². The lowest BCUT2D eigenvalue weighted by Gasteiger charge is -2.04. The van der Waals surface area contributed by atoms with Crippen molar-refractivity contribution in [3.8, 4) is 0 Å². The minimum absolute atomic E-state index is 0.435. The second-order valence-electron chi connectivity index (χ2n) is 3.79. The lowest BCUT2D eigenvalue weighted by Crippen LogP contribution is -1.92. The summed E-state index contributed by atoms with van der Waals surface area (Å²) in [6.45, 7) is 4.67. The van der Waals surface area contributed by atoms with E-state index < -0.39 is 0 Å². The van der Waals surface area contributed by atoms with Crippen molar-refractivity contribution >= 4 is 0 Å². The van der Waals surface area contributed by atoms with Crippen LogP contribution in [0.3, 0.4) is 0 Å². The van der Waals surface area contributed by atoms with Crippen molar-refractivity contribution in [3.05, 3.63) is 34.9 Å². The minimum Gasteiger partial charge on any atom is -0.252 e. The Morgan fingerprint density at radius 1 is 1.07 bits per heavy atom. The first-order chi connectivity index (χ1) is 6.72. The van der Waals surface area contributed by atoms with E-state index in [1.54, 1.807) is 0 Å². The second-order valence-corrected chi connectivity index (χ2v) is 3.79. The topological polar surface area (TPSA) is 29.5 Å².